The Morgan fingerprint density at radius 1 is 1.14 bits per heavy atom. The highest BCUT2D eigenvalue weighted by molar-refractivity contribution is 5.63. The van der Waals surface area contributed by atoms with Crippen LogP contribution in [0.1, 0.15) is 49.7 Å². The summed E-state index contributed by atoms with van der Waals surface area (Å²) >= 11 is 0. The van der Waals surface area contributed by atoms with Gasteiger partial charge in [-0.1, -0.05) is 6.92 Å². The number of aryl methyl sites for hydroxylation is 2. The van der Waals surface area contributed by atoms with Crippen LogP contribution in [-0.4, -0.2) is 31.6 Å². The molecule has 0 saturated carbocycles. The summed E-state index contributed by atoms with van der Waals surface area (Å²) in [6.07, 6.45) is 1.53. The van der Waals surface area contributed by atoms with E-state index in [1.165, 1.54) is 17.8 Å². The van der Waals surface area contributed by atoms with Gasteiger partial charge < -0.3 is 4.74 Å². The molecule has 3 rings (SSSR count). The molecule has 8 heteroatoms. The average Bonchev–Trinajstić information content (AvgIpc) is 3.12. The predicted molar refractivity (Wildman–Crippen MR) is 106 cm³/mol. The second-order valence-corrected chi connectivity index (χ2v) is 6.74. The first-order chi connectivity index (χ1) is 13.9. The van der Waals surface area contributed by atoms with Crippen LogP contribution in [-0.2, 0) is 6.42 Å². The number of rotatable bonds is 7. The van der Waals surface area contributed by atoms with Gasteiger partial charge in [-0.15, -0.1) is 10.2 Å². The van der Waals surface area contributed by atoms with Crippen molar-refractivity contribution in [2.45, 2.75) is 40.5 Å². The van der Waals surface area contributed by atoms with Crippen LogP contribution in [0.5, 0.6) is 5.88 Å². The van der Waals surface area contributed by atoms with E-state index in [9.17, 15) is 8.78 Å². The van der Waals surface area contributed by atoms with Crippen molar-refractivity contribution in [2.24, 2.45) is 0 Å². The van der Waals surface area contributed by atoms with Crippen molar-refractivity contribution in [1.29, 1.82) is 0 Å². The Bertz CT molecular complexity index is 995. The van der Waals surface area contributed by atoms with E-state index in [2.05, 4.69) is 27.2 Å². The van der Waals surface area contributed by atoms with E-state index in [1.54, 1.807) is 22.9 Å². The van der Waals surface area contributed by atoms with Crippen molar-refractivity contribution in [1.82, 2.24) is 25.0 Å². The van der Waals surface area contributed by atoms with Gasteiger partial charge in [0, 0.05) is 24.0 Å². The molecule has 0 unspecified atom stereocenters. The van der Waals surface area contributed by atoms with Gasteiger partial charge in [0.15, 0.2) is 5.82 Å². The Balaban J connectivity index is 1.66. The fraction of sp³-hybridized carbons (Fsp3) is 0.333. The van der Waals surface area contributed by atoms with Crippen LogP contribution >= 0.6 is 0 Å². The third-order valence-corrected chi connectivity index (χ3v) is 4.74. The first-order valence-electron chi connectivity index (χ1n) is 9.32. The Labute approximate surface area is 168 Å². The van der Waals surface area contributed by atoms with Crippen LogP contribution in [0.2, 0.25) is 0 Å². The summed E-state index contributed by atoms with van der Waals surface area (Å²) in [7, 11) is 0. The lowest BCUT2D eigenvalue weighted by atomic mass is 10.1. The minimum absolute atomic E-state index is 0.0933. The zero-order valence-corrected chi connectivity index (χ0v) is 16.9. The monoisotopic (exact) mass is 399 g/mol. The Hall–Kier alpha value is -3.16. The predicted octanol–water partition coefficient (Wildman–Crippen LogP) is 4.74. The Morgan fingerprint density at radius 2 is 1.93 bits per heavy atom. The highest BCUT2D eigenvalue weighted by Gasteiger charge is 2.10. The van der Waals surface area contributed by atoms with Gasteiger partial charge in [0.2, 0.25) is 5.88 Å². The van der Waals surface area contributed by atoms with Gasteiger partial charge in [-0.25, -0.2) is 13.5 Å². The maximum Gasteiger partial charge on any atom is 0.265 e. The van der Waals surface area contributed by atoms with Crippen LogP contribution in [0.25, 0.3) is 11.4 Å². The Kier molecular flexibility index (Phi) is 6.31. The van der Waals surface area contributed by atoms with Crippen LogP contribution in [0.4, 0.5) is 8.78 Å². The molecular weight excluding hydrogens is 376 g/mol. The molecule has 0 radical (unpaired) electrons. The fourth-order valence-electron chi connectivity index (χ4n) is 2.74. The molecule has 0 bridgehead atoms. The van der Waals surface area contributed by atoms with E-state index in [-0.39, 0.29) is 5.56 Å². The van der Waals surface area contributed by atoms with Gasteiger partial charge >= 0.3 is 0 Å². The number of ether oxygens (including phenoxy) is 1. The SMILES string of the molecule is CCc1cn(-c2ccc(OC/C(C)=C(/C)c3ccc(C(F)F)cn3)nn2)nc1C. The molecule has 0 fully saturated rings. The van der Waals surface area contributed by atoms with Crippen LogP contribution in [0, 0.1) is 6.92 Å². The third-order valence-electron chi connectivity index (χ3n) is 4.74. The second kappa shape index (κ2) is 8.89. The molecule has 3 aromatic rings. The molecule has 3 aromatic heterocycles. The molecule has 0 N–H and O–H groups in total. The highest BCUT2D eigenvalue weighted by Crippen LogP contribution is 2.21. The lowest BCUT2D eigenvalue weighted by Crippen LogP contribution is -2.05. The zero-order valence-electron chi connectivity index (χ0n) is 16.9. The summed E-state index contributed by atoms with van der Waals surface area (Å²) in [6.45, 7) is 8.12. The van der Waals surface area contributed by atoms with Crippen LogP contribution < -0.4 is 4.74 Å². The number of alkyl halides is 2. The largest absolute Gasteiger partial charge is 0.472 e. The normalized spacial score (nSPS) is 12.2. The fourth-order valence-corrected chi connectivity index (χ4v) is 2.74. The highest BCUT2D eigenvalue weighted by atomic mass is 19.3. The molecule has 0 amide bonds. The summed E-state index contributed by atoms with van der Waals surface area (Å²) in [5, 5.41) is 12.7. The van der Waals surface area contributed by atoms with Crippen molar-refractivity contribution in [2.75, 3.05) is 6.61 Å². The first-order valence-corrected chi connectivity index (χ1v) is 9.32. The summed E-state index contributed by atoms with van der Waals surface area (Å²) < 4.78 is 32.7. The van der Waals surface area contributed by atoms with Crippen molar-refractivity contribution in [3.8, 4) is 11.7 Å². The van der Waals surface area contributed by atoms with Crippen molar-refractivity contribution < 1.29 is 13.5 Å². The molecule has 29 heavy (non-hydrogen) atoms. The van der Waals surface area contributed by atoms with Crippen LogP contribution in [0.3, 0.4) is 0 Å². The van der Waals surface area contributed by atoms with Gasteiger partial charge in [-0.05, 0) is 62.1 Å². The Morgan fingerprint density at radius 3 is 2.48 bits per heavy atom. The minimum atomic E-state index is -2.52. The number of pyridine rings is 1. The van der Waals surface area contributed by atoms with E-state index in [4.69, 9.17) is 4.74 Å². The number of nitrogens with zero attached hydrogens (tertiary/aromatic N) is 5. The molecule has 152 valence electrons. The van der Waals surface area contributed by atoms with Crippen molar-refractivity contribution in [3.05, 3.63) is 64.7 Å². The summed E-state index contributed by atoms with van der Waals surface area (Å²) in [6, 6.07) is 6.51. The average molecular weight is 399 g/mol. The van der Waals surface area contributed by atoms with Gasteiger partial charge in [-0.3, -0.25) is 4.98 Å². The number of hydrogen-bond donors (Lipinski definition) is 0. The van der Waals surface area contributed by atoms with Gasteiger partial charge in [-0.2, -0.15) is 5.10 Å². The lowest BCUT2D eigenvalue weighted by Gasteiger charge is -2.10. The molecule has 0 aliphatic heterocycles. The topological polar surface area (TPSA) is 65.7 Å². The lowest BCUT2D eigenvalue weighted by molar-refractivity contribution is 0.151. The maximum atomic E-state index is 12.7. The van der Waals surface area contributed by atoms with E-state index in [0.29, 0.717) is 24.0 Å². The second-order valence-electron chi connectivity index (χ2n) is 6.74. The standard InChI is InChI=1S/C21H23F2N5O/c1-5-16-11-28(27-15(16)4)19-8-9-20(26-25-19)29-12-13(2)14(3)18-7-6-17(10-24-18)21(22)23/h6-11,21H,5,12H2,1-4H3/b14-13-. The van der Waals surface area contributed by atoms with Crippen molar-refractivity contribution in [3.63, 3.8) is 0 Å². The summed E-state index contributed by atoms with van der Waals surface area (Å²) in [4.78, 5) is 4.11. The maximum absolute atomic E-state index is 12.7. The van der Waals surface area contributed by atoms with E-state index < -0.39 is 6.43 Å². The quantitative estimate of drug-likeness (QED) is 0.574. The van der Waals surface area contributed by atoms with E-state index >= 15 is 0 Å². The van der Waals surface area contributed by atoms with Gasteiger partial charge in [0.05, 0.1) is 11.4 Å². The minimum Gasteiger partial charge on any atom is -0.472 e. The molecule has 0 saturated heterocycles. The summed E-state index contributed by atoms with van der Waals surface area (Å²) in [5.41, 5.74) is 4.47. The molecule has 0 aliphatic rings. The molecule has 0 spiro atoms. The molecule has 0 atom stereocenters. The molecular formula is C21H23F2N5O. The number of aromatic nitrogens is 5. The van der Waals surface area contributed by atoms with E-state index in [0.717, 1.165) is 23.3 Å². The van der Waals surface area contributed by atoms with Gasteiger partial charge in [0.25, 0.3) is 6.43 Å². The zero-order chi connectivity index (χ0) is 21.0. The smallest absolute Gasteiger partial charge is 0.265 e. The molecule has 3 heterocycles. The number of hydrogen-bond acceptors (Lipinski definition) is 5. The van der Waals surface area contributed by atoms with Crippen LogP contribution in [0.15, 0.2) is 42.2 Å². The summed E-state index contributed by atoms with van der Waals surface area (Å²) in [5.74, 6) is 1.01. The number of halogens is 2. The molecule has 0 aromatic carbocycles. The molecule has 0 aliphatic carbocycles. The van der Waals surface area contributed by atoms with E-state index in [1.807, 2.05) is 27.0 Å². The molecule has 6 nitrogen and oxygen atoms in total. The van der Waals surface area contributed by atoms with Crippen molar-refractivity contribution >= 4 is 5.57 Å². The third kappa shape index (κ3) is 4.82. The van der Waals surface area contributed by atoms with Gasteiger partial charge in [0.1, 0.15) is 6.61 Å². The number of allylic oxidation sites excluding steroid dienone is 1. The first kappa shape index (κ1) is 20.6.